The SMILES string of the molecule is COC(=O)C(C)CC(O)c1ccc2c(c1)OCO2. The molecular formula is C13H16O5. The molecule has 0 amide bonds. The Bertz CT molecular complexity index is 443. The van der Waals surface area contributed by atoms with Crippen LogP contribution in [0.3, 0.4) is 0 Å². The van der Waals surface area contributed by atoms with Crippen LogP contribution in [-0.2, 0) is 9.53 Å². The molecule has 0 aliphatic carbocycles. The summed E-state index contributed by atoms with van der Waals surface area (Å²) in [4.78, 5) is 11.3. The normalized spacial score (nSPS) is 16.2. The molecular weight excluding hydrogens is 236 g/mol. The lowest BCUT2D eigenvalue weighted by molar-refractivity contribution is -0.145. The molecule has 18 heavy (non-hydrogen) atoms. The summed E-state index contributed by atoms with van der Waals surface area (Å²) < 4.78 is 15.1. The number of benzene rings is 1. The van der Waals surface area contributed by atoms with Crippen molar-refractivity contribution in [1.82, 2.24) is 0 Å². The van der Waals surface area contributed by atoms with Gasteiger partial charge in [0.2, 0.25) is 6.79 Å². The molecule has 0 spiro atoms. The second-order valence-corrected chi connectivity index (χ2v) is 4.29. The first-order valence-corrected chi connectivity index (χ1v) is 5.77. The number of hydrogen-bond acceptors (Lipinski definition) is 5. The lowest BCUT2D eigenvalue weighted by Crippen LogP contribution is -2.15. The van der Waals surface area contributed by atoms with Gasteiger partial charge in [-0.2, -0.15) is 0 Å². The number of carbonyl (C=O) groups excluding carboxylic acids is 1. The van der Waals surface area contributed by atoms with Crippen molar-refractivity contribution in [3.8, 4) is 11.5 Å². The molecule has 2 unspecified atom stereocenters. The highest BCUT2D eigenvalue weighted by Gasteiger charge is 2.21. The van der Waals surface area contributed by atoms with Crippen molar-refractivity contribution >= 4 is 5.97 Å². The largest absolute Gasteiger partial charge is 0.469 e. The Balaban J connectivity index is 2.05. The minimum absolute atomic E-state index is 0.202. The molecule has 2 atom stereocenters. The van der Waals surface area contributed by atoms with Crippen LogP contribution in [0.4, 0.5) is 0 Å². The lowest BCUT2D eigenvalue weighted by Gasteiger charge is -2.15. The Labute approximate surface area is 105 Å². The van der Waals surface area contributed by atoms with Crippen LogP contribution in [-0.4, -0.2) is 25.0 Å². The van der Waals surface area contributed by atoms with E-state index in [0.717, 1.165) is 0 Å². The van der Waals surface area contributed by atoms with E-state index in [9.17, 15) is 9.90 Å². The maximum atomic E-state index is 11.3. The van der Waals surface area contributed by atoms with Crippen LogP contribution in [0.25, 0.3) is 0 Å². The van der Waals surface area contributed by atoms with Crippen molar-refractivity contribution in [2.75, 3.05) is 13.9 Å². The summed E-state index contributed by atoms with van der Waals surface area (Å²) >= 11 is 0. The Morgan fingerprint density at radius 2 is 2.17 bits per heavy atom. The summed E-state index contributed by atoms with van der Waals surface area (Å²) in [6.07, 6.45) is -0.416. The van der Waals surface area contributed by atoms with Crippen LogP contribution in [0.5, 0.6) is 11.5 Å². The van der Waals surface area contributed by atoms with Gasteiger partial charge in [0, 0.05) is 0 Å². The Hall–Kier alpha value is -1.75. The highest BCUT2D eigenvalue weighted by molar-refractivity contribution is 5.71. The van der Waals surface area contributed by atoms with Gasteiger partial charge in [0.25, 0.3) is 0 Å². The number of carbonyl (C=O) groups is 1. The summed E-state index contributed by atoms with van der Waals surface area (Å²) in [6, 6.07) is 5.25. The number of rotatable bonds is 4. The number of esters is 1. The number of aliphatic hydroxyl groups excluding tert-OH is 1. The van der Waals surface area contributed by atoms with Gasteiger partial charge in [0.1, 0.15) is 0 Å². The molecule has 0 fully saturated rings. The summed E-state index contributed by atoms with van der Waals surface area (Å²) in [5.74, 6) is 0.620. The van der Waals surface area contributed by atoms with Crippen molar-refractivity contribution < 1.29 is 24.1 Å². The topological polar surface area (TPSA) is 65.0 Å². The van der Waals surface area contributed by atoms with Crippen molar-refractivity contribution in [2.45, 2.75) is 19.4 Å². The van der Waals surface area contributed by atoms with E-state index in [-0.39, 0.29) is 18.7 Å². The van der Waals surface area contributed by atoms with Gasteiger partial charge in [-0.25, -0.2) is 0 Å². The van der Waals surface area contributed by atoms with Gasteiger partial charge in [0.15, 0.2) is 11.5 Å². The van der Waals surface area contributed by atoms with Crippen molar-refractivity contribution in [3.63, 3.8) is 0 Å². The maximum Gasteiger partial charge on any atom is 0.308 e. The molecule has 1 heterocycles. The average Bonchev–Trinajstić information content (AvgIpc) is 2.84. The first-order chi connectivity index (χ1) is 8.61. The van der Waals surface area contributed by atoms with E-state index in [4.69, 9.17) is 9.47 Å². The van der Waals surface area contributed by atoms with E-state index < -0.39 is 6.10 Å². The van der Waals surface area contributed by atoms with Gasteiger partial charge in [0.05, 0.1) is 19.1 Å². The molecule has 0 radical (unpaired) electrons. The van der Waals surface area contributed by atoms with Gasteiger partial charge >= 0.3 is 5.97 Å². The Morgan fingerprint density at radius 1 is 1.44 bits per heavy atom. The first-order valence-electron chi connectivity index (χ1n) is 5.77. The Kier molecular flexibility index (Phi) is 3.72. The van der Waals surface area contributed by atoms with Crippen LogP contribution in [0.15, 0.2) is 18.2 Å². The summed E-state index contributed by atoms with van der Waals surface area (Å²) in [5, 5.41) is 10.1. The average molecular weight is 252 g/mol. The fourth-order valence-corrected chi connectivity index (χ4v) is 1.89. The second-order valence-electron chi connectivity index (χ2n) is 4.29. The molecule has 0 saturated heterocycles. The van der Waals surface area contributed by atoms with Gasteiger partial charge in [-0.15, -0.1) is 0 Å². The summed E-state index contributed by atoms with van der Waals surface area (Å²) in [6.45, 7) is 1.93. The van der Waals surface area contributed by atoms with E-state index in [2.05, 4.69) is 4.74 Å². The summed E-state index contributed by atoms with van der Waals surface area (Å²) in [5.41, 5.74) is 0.704. The third-order valence-corrected chi connectivity index (χ3v) is 2.96. The van der Waals surface area contributed by atoms with Crippen LogP contribution >= 0.6 is 0 Å². The maximum absolute atomic E-state index is 11.3. The van der Waals surface area contributed by atoms with Gasteiger partial charge in [-0.1, -0.05) is 13.0 Å². The zero-order valence-electron chi connectivity index (χ0n) is 10.4. The molecule has 1 N–H and O–H groups in total. The number of ether oxygens (including phenoxy) is 3. The molecule has 1 aliphatic rings. The van der Waals surface area contributed by atoms with Crippen molar-refractivity contribution in [2.24, 2.45) is 5.92 Å². The zero-order chi connectivity index (χ0) is 13.1. The molecule has 0 aromatic heterocycles. The quantitative estimate of drug-likeness (QED) is 0.825. The lowest BCUT2D eigenvalue weighted by atomic mass is 9.98. The predicted molar refractivity (Wildman–Crippen MR) is 63.3 cm³/mol. The van der Waals surface area contributed by atoms with Crippen LogP contribution in [0.1, 0.15) is 25.0 Å². The van der Waals surface area contributed by atoms with E-state index in [1.54, 1.807) is 25.1 Å². The molecule has 5 heteroatoms. The third-order valence-electron chi connectivity index (χ3n) is 2.96. The number of hydrogen-bond donors (Lipinski definition) is 1. The molecule has 1 aromatic rings. The van der Waals surface area contributed by atoms with E-state index in [0.29, 0.717) is 23.5 Å². The molecule has 1 aliphatic heterocycles. The highest BCUT2D eigenvalue weighted by Crippen LogP contribution is 2.35. The highest BCUT2D eigenvalue weighted by atomic mass is 16.7. The smallest absolute Gasteiger partial charge is 0.308 e. The second kappa shape index (κ2) is 5.27. The molecule has 0 saturated carbocycles. The molecule has 1 aromatic carbocycles. The minimum atomic E-state index is -0.728. The van der Waals surface area contributed by atoms with Gasteiger partial charge in [-0.05, 0) is 24.1 Å². The first kappa shape index (κ1) is 12.7. The number of fused-ring (bicyclic) bond motifs is 1. The van der Waals surface area contributed by atoms with E-state index >= 15 is 0 Å². The number of methoxy groups -OCH3 is 1. The van der Waals surface area contributed by atoms with Crippen LogP contribution < -0.4 is 9.47 Å². The fraction of sp³-hybridized carbons (Fsp3) is 0.462. The zero-order valence-corrected chi connectivity index (χ0v) is 10.4. The van der Waals surface area contributed by atoms with Gasteiger partial charge < -0.3 is 19.3 Å². The standard InChI is InChI=1S/C13H16O5/c1-8(13(15)16-2)5-10(14)9-3-4-11-12(6-9)18-7-17-11/h3-4,6,8,10,14H,5,7H2,1-2H3. The predicted octanol–water partition coefficient (Wildman–Crippen LogP) is 1.65. The molecule has 98 valence electrons. The van der Waals surface area contributed by atoms with E-state index in [1.165, 1.54) is 7.11 Å². The van der Waals surface area contributed by atoms with E-state index in [1.807, 2.05) is 0 Å². The third kappa shape index (κ3) is 2.56. The van der Waals surface area contributed by atoms with Crippen LogP contribution in [0, 0.1) is 5.92 Å². The molecule has 5 nitrogen and oxygen atoms in total. The number of aliphatic hydroxyl groups is 1. The van der Waals surface area contributed by atoms with Gasteiger partial charge in [-0.3, -0.25) is 4.79 Å². The molecule has 2 rings (SSSR count). The Morgan fingerprint density at radius 3 is 2.89 bits per heavy atom. The molecule has 0 bridgehead atoms. The van der Waals surface area contributed by atoms with Crippen molar-refractivity contribution in [1.29, 1.82) is 0 Å². The summed E-state index contributed by atoms with van der Waals surface area (Å²) in [7, 11) is 1.34. The monoisotopic (exact) mass is 252 g/mol. The van der Waals surface area contributed by atoms with Crippen LogP contribution in [0.2, 0.25) is 0 Å². The fourth-order valence-electron chi connectivity index (χ4n) is 1.89. The van der Waals surface area contributed by atoms with Crippen molar-refractivity contribution in [3.05, 3.63) is 23.8 Å². The minimum Gasteiger partial charge on any atom is -0.469 e.